The minimum atomic E-state index is -0.667. The maximum Gasteiger partial charge on any atom is 0.266 e. The van der Waals surface area contributed by atoms with Crippen LogP contribution in [0.1, 0.15) is 18.2 Å². The molecule has 1 heterocycles. The molecule has 0 aliphatic rings. The molecule has 0 saturated heterocycles. The highest BCUT2D eigenvalue weighted by atomic mass is 19.1. The van der Waals surface area contributed by atoms with Crippen LogP contribution in [0.2, 0.25) is 0 Å². The van der Waals surface area contributed by atoms with Gasteiger partial charge in [-0.05, 0) is 24.3 Å². The average molecular weight is 334 g/mol. The average Bonchev–Trinajstić information content (AvgIpc) is 2.99. The molecule has 3 aromatic rings. The van der Waals surface area contributed by atoms with Crippen molar-refractivity contribution in [1.82, 2.24) is 0 Å². The molecule has 0 spiro atoms. The summed E-state index contributed by atoms with van der Waals surface area (Å²) in [5.74, 6) is -0.538. The number of aryl methyl sites for hydroxylation is 1. The lowest BCUT2D eigenvalue weighted by Gasteiger charge is -2.05. The van der Waals surface area contributed by atoms with Crippen molar-refractivity contribution < 1.29 is 13.6 Å². The smallest absolute Gasteiger partial charge is 0.266 e. The molecule has 1 amide bonds. The molecule has 3 rings (SSSR count). The zero-order valence-electron chi connectivity index (χ0n) is 13.5. The number of amides is 1. The van der Waals surface area contributed by atoms with Gasteiger partial charge in [-0.3, -0.25) is 4.79 Å². The van der Waals surface area contributed by atoms with Gasteiger partial charge >= 0.3 is 0 Å². The number of nitriles is 1. The van der Waals surface area contributed by atoms with Gasteiger partial charge in [-0.25, -0.2) is 4.39 Å². The number of carbonyl (C=O) groups excluding carboxylic acids is 1. The lowest BCUT2D eigenvalue weighted by Crippen LogP contribution is -2.14. The van der Waals surface area contributed by atoms with Crippen LogP contribution in [0.4, 0.5) is 10.1 Å². The minimum absolute atomic E-state index is 0.0291. The first-order valence-electron chi connectivity index (χ1n) is 7.82. The van der Waals surface area contributed by atoms with E-state index in [0.717, 1.165) is 5.39 Å². The number of halogens is 1. The second-order valence-electron chi connectivity index (χ2n) is 5.39. The third-order valence-corrected chi connectivity index (χ3v) is 3.81. The topological polar surface area (TPSA) is 66.0 Å². The molecule has 4 nitrogen and oxygen atoms in total. The maximum atomic E-state index is 13.7. The number of nitrogens with one attached hydrogen (secondary N) is 1. The van der Waals surface area contributed by atoms with E-state index < -0.39 is 11.7 Å². The summed E-state index contributed by atoms with van der Waals surface area (Å²) in [5, 5.41) is 12.6. The van der Waals surface area contributed by atoms with Gasteiger partial charge in [0.05, 0.1) is 5.69 Å². The Hall–Kier alpha value is -3.39. The standard InChI is InChI=1S/C20H15FN2O2/c1-2-18-15(14-7-3-6-10-19(14)25-18)11-13(12-22)20(24)23-17-9-5-4-8-16(17)21/h3-11H,2H2,1H3,(H,23,24)/b13-11+. The summed E-state index contributed by atoms with van der Waals surface area (Å²) in [7, 11) is 0. The van der Waals surface area contributed by atoms with Crippen LogP contribution in [0.25, 0.3) is 17.0 Å². The van der Waals surface area contributed by atoms with Gasteiger partial charge in [-0.2, -0.15) is 5.26 Å². The van der Waals surface area contributed by atoms with Crippen molar-refractivity contribution in [3.05, 3.63) is 71.2 Å². The van der Waals surface area contributed by atoms with E-state index in [2.05, 4.69) is 5.32 Å². The van der Waals surface area contributed by atoms with E-state index in [1.165, 1.54) is 24.3 Å². The van der Waals surface area contributed by atoms with Crippen molar-refractivity contribution in [2.24, 2.45) is 0 Å². The summed E-state index contributed by atoms with van der Waals surface area (Å²) in [4.78, 5) is 12.4. The molecule has 25 heavy (non-hydrogen) atoms. The SMILES string of the molecule is CCc1oc2ccccc2c1/C=C(\C#N)C(=O)Nc1ccccc1F. The van der Waals surface area contributed by atoms with Crippen molar-refractivity contribution in [1.29, 1.82) is 5.26 Å². The molecule has 1 aromatic heterocycles. The summed E-state index contributed by atoms with van der Waals surface area (Å²) in [6.45, 7) is 1.93. The van der Waals surface area contributed by atoms with Gasteiger partial charge in [-0.15, -0.1) is 0 Å². The Kier molecular flexibility index (Phi) is 4.62. The van der Waals surface area contributed by atoms with Crippen LogP contribution >= 0.6 is 0 Å². The molecule has 0 aliphatic heterocycles. The van der Waals surface area contributed by atoms with E-state index in [-0.39, 0.29) is 11.3 Å². The molecule has 0 fully saturated rings. The van der Waals surface area contributed by atoms with E-state index in [1.807, 2.05) is 37.3 Å². The normalized spacial score (nSPS) is 11.3. The fourth-order valence-electron chi connectivity index (χ4n) is 2.58. The first kappa shape index (κ1) is 16.5. The van der Waals surface area contributed by atoms with Crippen molar-refractivity contribution in [2.75, 3.05) is 5.32 Å². The van der Waals surface area contributed by atoms with Gasteiger partial charge in [0.1, 0.15) is 28.8 Å². The van der Waals surface area contributed by atoms with E-state index in [9.17, 15) is 14.4 Å². The lowest BCUT2D eigenvalue weighted by molar-refractivity contribution is -0.112. The number of carbonyl (C=O) groups is 1. The van der Waals surface area contributed by atoms with Gasteiger partial charge in [0.2, 0.25) is 0 Å². The number of hydrogen-bond acceptors (Lipinski definition) is 3. The van der Waals surface area contributed by atoms with Crippen LogP contribution in [0.15, 0.2) is 58.5 Å². The fraction of sp³-hybridized carbons (Fsp3) is 0.100. The van der Waals surface area contributed by atoms with Gasteiger partial charge in [0.15, 0.2) is 0 Å². The Labute approximate surface area is 144 Å². The predicted molar refractivity (Wildman–Crippen MR) is 94.2 cm³/mol. The molecule has 0 radical (unpaired) electrons. The second-order valence-corrected chi connectivity index (χ2v) is 5.39. The number of nitrogens with zero attached hydrogens (tertiary/aromatic N) is 1. The zero-order valence-corrected chi connectivity index (χ0v) is 13.5. The summed E-state index contributed by atoms with van der Waals surface area (Å²) < 4.78 is 19.5. The largest absolute Gasteiger partial charge is 0.460 e. The van der Waals surface area contributed by atoms with Crippen molar-refractivity contribution >= 4 is 28.6 Å². The van der Waals surface area contributed by atoms with E-state index in [1.54, 1.807) is 6.07 Å². The van der Waals surface area contributed by atoms with Gasteiger partial charge in [0, 0.05) is 17.4 Å². The van der Waals surface area contributed by atoms with Crippen LogP contribution in [-0.2, 0) is 11.2 Å². The molecule has 1 N–H and O–H groups in total. The van der Waals surface area contributed by atoms with Crippen LogP contribution < -0.4 is 5.32 Å². The Balaban J connectivity index is 2.00. The van der Waals surface area contributed by atoms with Crippen molar-refractivity contribution in [3.8, 4) is 6.07 Å². The van der Waals surface area contributed by atoms with E-state index in [0.29, 0.717) is 23.3 Å². The second kappa shape index (κ2) is 7.02. The summed E-state index contributed by atoms with van der Waals surface area (Å²) in [5.41, 5.74) is 1.29. The number of rotatable bonds is 4. The molecule has 2 aromatic carbocycles. The Bertz CT molecular complexity index is 1010. The molecule has 5 heteroatoms. The fourth-order valence-corrected chi connectivity index (χ4v) is 2.58. The maximum absolute atomic E-state index is 13.7. The quantitative estimate of drug-likeness (QED) is 0.556. The highest BCUT2D eigenvalue weighted by molar-refractivity contribution is 6.10. The number of hydrogen-bond donors (Lipinski definition) is 1. The third-order valence-electron chi connectivity index (χ3n) is 3.81. The molecular weight excluding hydrogens is 319 g/mol. The summed E-state index contributed by atoms with van der Waals surface area (Å²) in [6.07, 6.45) is 2.11. The van der Waals surface area contributed by atoms with Crippen LogP contribution in [0, 0.1) is 17.1 Å². The lowest BCUT2D eigenvalue weighted by atomic mass is 10.1. The number of anilines is 1. The highest BCUT2D eigenvalue weighted by Gasteiger charge is 2.16. The van der Waals surface area contributed by atoms with Gasteiger partial charge in [-0.1, -0.05) is 37.3 Å². The number of benzene rings is 2. The molecule has 0 unspecified atom stereocenters. The van der Waals surface area contributed by atoms with Crippen LogP contribution in [-0.4, -0.2) is 5.91 Å². The molecule has 124 valence electrons. The predicted octanol–water partition coefficient (Wildman–Crippen LogP) is 4.68. The third kappa shape index (κ3) is 3.29. The van der Waals surface area contributed by atoms with Crippen LogP contribution in [0.3, 0.4) is 0 Å². The molecule has 0 atom stereocenters. The first-order chi connectivity index (χ1) is 12.1. The molecule has 0 aliphatic carbocycles. The first-order valence-corrected chi connectivity index (χ1v) is 7.82. The number of furan rings is 1. The monoisotopic (exact) mass is 334 g/mol. The number of para-hydroxylation sites is 2. The Morgan fingerprint density at radius 3 is 2.68 bits per heavy atom. The minimum Gasteiger partial charge on any atom is -0.460 e. The van der Waals surface area contributed by atoms with Crippen molar-refractivity contribution in [3.63, 3.8) is 0 Å². The molecule has 0 saturated carbocycles. The zero-order chi connectivity index (χ0) is 17.8. The Morgan fingerprint density at radius 1 is 1.24 bits per heavy atom. The summed E-state index contributed by atoms with van der Waals surface area (Å²) >= 11 is 0. The number of fused-ring (bicyclic) bond motifs is 1. The van der Waals surface area contributed by atoms with Gasteiger partial charge in [0.25, 0.3) is 5.91 Å². The molecular formula is C20H15FN2O2. The molecule has 0 bridgehead atoms. The Morgan fingerprint density at radius 2 is 1.96 bits per heavy atom. The van der Waals surface area contributed by atoms with E-state index in [4.69, 9.17) is 4.42 Å². The van der Waals surface area contributed by atoms with Crippen LogP contribution in [0.5, 0.6) is 0 Å². The highest BCUT2D eigenvalue weighted by Crippen LogP contribution is 2.28. The van der Waals surface area contributed by atoms with Gasteiger partial charge < -0.3 is 9.73 Å². The van der Waals surface area contributed by atoms with E-state index >= 15 is 0 Å². The summed E-state index contributed by atoms with van der Waals surface area (Å²) in [6, 6.07) is 15.1. The van der Waals surface area contributed by atoms with Crippen molar-refractivity contribution in [2.45, 2.75) is 13.3 Å².